The van der Waals surface area contributed by atoms with Crippen molar-refractivity contribution in [3.8, 4) is 23.3 Å². The molecule has 0 aliphatic carbocycles. The van der Waals surface area contributed by atoms with E-state index in [-0.39, 0.29) is 26.9 Å². The van der Waals surface area contributed by atoms with Crippen molar-refractivity contribution in [3.05, 3.63) is 78.2 Å². The highest BCUT2D eigenvalue weighted by molar-refractivity contribution is 6.37. The molecule has 2 aromatic heterocycles. The lowest BCUT2D eigenvalue weighted by Gasteiger charge is -2.23. The number of fused-ring (bicyclic) bond motifs is 3. The van der Waals surface area contributed by atoms with Gasteiger partial charge in [0.15, 0.2) is 5.75 Å². The first-order valence-corrected chi connectivity index (χ1v) is 11.5. The Morgan fingerprint density at radius 1 is 1.17 bits per heavy atom. The molecular formula is C24H19Cl2N5O4. The fraction of sp³-hybridized carbons (Fsp3) is 0.250. The summed E-state index contributed by atoms with van der Waals surface area (Å²) in [5, 5.41) is 14.1. The van der Waals surface area contributed by atoms with Crippen LogP contribution in [0.15, 0.2) is 39.9 Å². The Balaban J connectivity index is 1.55. The molecule has 0 amide bonds. The Morgan fingerprint density at radius 2 is 1.91 bits per heavy atom. The van der Waals surface area contributed by atoms with E-state index in [2.05, 4.69) is 23.9 Å². The van der Waals surface area contributed by atoms with Gasteiger partial charge in [-0.05, 0) is 35.9 Å². The van der Waals surface area contributed by atoms with E-state index in [0.29, 0.717) is 19.0 Å². The van der Waals surface area contributed by atoms with E-state index in [1.54, 1.807) is 6.07 Å². The number of rotatable bonds is 3. The number of benzene rings is 2. The lowest BCUT2D eigenvalue weighted by atomic mass is 9.83. The van der Waals surface area contributed by atoms with Crippen molar-refractivity contribution in [2.24, 2.45) is 0 Å². The van der Waals surface area contributed by atoms with Gasteiger partial charge in [0.05, 0.1) is 28.9 Å². The second-order valence-corrected chi connectivity index (χ2v) is 9.66. The maximum atomic E-state index is 12.2. The van der Waals surface area contributed by atoms with Crippen molar-refractivity contribution in [3.63, 3.8) is 0 Å². The van der Waals surface area contributed by atoms with Crippen LogP contribution >= 0.6 is 23.2 Å². The van der Waals surface area contributed by atoms with Crippen molar-refractivity contribution in [2.75, 3.05) is 13.2 Å². The van der Waals surface area contributed by atoms with Gasteiger partial charge in [0.25, 0.3) is 5.56 Å². The number of hydrogen-bond acceptors (Lipinski definition) is 6. The minimum Gasteiger partial charge on any atom is -0.454 e. The van der Waals surface area contributed by atoms with Crippen LogP contribution in [0.2, 0.25) is 10.0 Å². The molecule has 2 N–H and O–H groups in total. The van der Waals surface area contributed by atoms with E-state index in [4.69, 9.17) is 37.9 Å². The zero-order chi connectivity index (χ0) is 24.9. The molecule has 2 aromatic carbocycles. The topological polar surface area (TPSA) is 126 Å². The average Bonchev–Trinajstić information content (AvgIpc) is 3.10. The van der Waals surface area contributed by atoms with Gasteiger partial charge in [-0.1, -0.05) is 37.0 Å². The van der Waals surface area contributed by atoms with Gasteiger partial charge in [0.1, 0.15) is 11.8 Å². The quantitative estimate of drug-likeness (QED) is 0.423. The number of halogens is 2. The number of H-pyrrole nitrogens is 2. The molecule has 35 heavy (non-hydrogen) atoms. The Morgan fingerprint density at radius 3 is 2.63 bits per heavy atom. The predicted molar refractivity (Wildman–Crippen MR) is 131 cm³/mol. The SMILES string of the molecule is CC1(C)COCCc2[nH]c3ccc(Oc4c(Cl)cc(-n5nc(C#N)c(=O)[nH]c5=O)cc4Cl)cc3c21. The second-order valence-electron chi connectivity index (χ2n) is 8.84. The summed E-state index contributed by atoms with van der Waals surface area (Å²) in [4.78, 5) is 29.4. The Bertz CT molecular complexity index is 1620. The van der Waals surface area contributed by atoms with Gasteiger partial charge < -0.3 is 14.5 Å². The first kappa shape index (κ1) is 23.2. The molecule has 1 aliphatic rings. The van der Waals surface area contributed by atoms with Crippen molar-refractivity contribution < 1.29 is 9.47 Å². The van der Waals surface area contributed by atoms with E-state index in [0.717, 1.165) is 27.7 Å². The van der Waals surface area contributed by atoms with E-state index >= 15 is 0 Å². The molecule has 11 heteroatoms. The van der Waals surface area contributed by atoms with Gasteiger partial charge in [0, 0.05) is 28.4 Å². The number of nitrogens with one attached hydrogen (secondary N) is 2. The number of hydrogen-bond donors (Lipinski definition) is 2. The highest BCUT2D eigenvalue weighted by atomic mass is 35.5. The number of aromatic nitrogens is 4. The number of aromatic amines is 2. The first-order valence-electron chi connectivity index (χ1n) is 10.7. The molecule has 178 valence electrons. The lowest BCUT2D eigenvalue weighted by molar-refractivity contribution is 0.106. The zero-order valence-electron chi connectivity index (χ0n) is 18.7. The molecule has 0 radical (unpaired) electrons. The summed E-state index contributed by atoms with van der Waals surface area (Å²) in [5.41, 5.74) is 1.15. The lowest BCUT2D eigenvalue weighted by Crippen LogP contribution is -2.33. The standard InChI is InChI=1S/C24H19Cl2N5O4/c1-24(2)11-34-6-5-18-20(24)14-9-13(3-4-17(14)28-18)35-21-15(25)7-12(8-16(21)26)31-23(33)29-22(32)19(10-27)30-31/h3-4,7-9,28H,5-6,11H2,1-2H3,(H,29,32,33). The average molecular weight is 512 g/mol. The fourth-order valence-corrected chi connectivity index (χ4v) is 4.91. The number of nitriles is 1. The number of ether oxygens (including phenoxy) is 2. The molecule has 5 rings (SSSR count). The van der Waals surface area contributed by atoms with Gasteiger partial charge >= 0.3 is 5.69 Å². The van der Waals surface area contributed by atoms with Crippen molar-refractivity contribution in [1.82, 2.24) is 19.7 Å². The number of nitrogens with zero attached hydrogens (tertiary/aromatic N) is 3. The van der Waals surface area contributed by atoms with Gasteiger partial charge in [-0.2, -0.15) is 9.94 Å². The van der Waals surface area contributed by atoms with Crippen LogP contribution in [0.3, 0.4) is 0 Å². The second kappa shape index (κ2) is 8.57. The van der Waals surface area contributed by atoms with Crippen LogP contribution in [0, 0.1) is 11.3 Å². The molecule has 0 spiro atoms. The molecule has 3 heterocycles. The van der Waals surface area contributed by atoms with Crippen molar-refractivity contribution >= 4 is 34.1 Å². The summed E-state index contributed by atoms with van der Waals surface area (Å²) in [6.07, 6.45) is 0.800. The highest BCUT2D eigenvalue weighted by Gasteiger charge is 2.30. The zero-order valence-corrected chi connectivity index (χ0v) is 20.3. The Kier molecular flexibility index (Phi) is 5.68. The molecule has 0 saturated heterocycles. The van der Waals surface area contributed by atoms with Crippen molar-refractivity contribution in [2.45, 2.75) is 25.7 Å². The van der Waals surface area contributed by atoms with Gasteiger partial charge in [-0.25, -0.2) is 4.79 Å². The van der Waals surface area contributed by atoms with Crippen LogP contribution in [-0.2, 0) is 16.6 Å². The summed E-state index contributed by atoms with van der Waals surface area (Å²) in [6.45, 7) is 5.57. The van der Waals surface area contributed by atoms with Crippen LogP contribution in [0.5, 0.6) is 11.5 Å². The molecule has 0 atom stereocenters. The van der Waals surface area contributed by atoms with Gasteiger partial charge in [-0.3, -0.25) is 9.78 Å². The van der Waals surface area contributed by atoms with Crippen LogP contribution in [0.4, 0.5) is 0 Å². The molecule has 0 saturated carbocycles. The third kappa shape index (κ3) is 4.10. The highest BCUT2D eigenvalue weighted by Crippen LogP contribution is 2.41. The Hall–Kier alpha value is -3.58. The molecule has 0 unspecified atom stereocenters. The van der Waals surface area contributed by atoms with E-state index < -0.39 is 16.9 Å². The van der Waals surface area contributed by atoms with E-state index in [9.17, 15) is 9.59 Å². The maximum absolute atomic E-state index is 12.2. The summed E-state index contributed by atoms with van der Waals surface area (Å²) >= 11 is 12.9. The summed E-state index contributed by atoms with van der Waals surface area (Å²) < 4.78 is 12.7. The summed E-state index contributed by atoms with van der Waals surface area (Å²) in [7, 11) is 0. The third-order valence-electron chi connectivity index (χ3n) is 5.87. The normalized spacial score (nSPS) is 14.8. The first-order chi connectivity index (χ1) is 16.7. The van der Waals surface area contributed by atoms with E-state index in [1.165, 1.54) is 17.7 Å². The van der Waals surface area contributed by atoms with Crippen LogP contribution in [0.1, 0.15) is 30.8 Å². The molecule has 0 bridgehead atoms. The monoisotopic (exact) mass is 511 g/mol. The Labute approximate surface area is 208 Å². The third-order valence-corrected chi connectivity index (χ3v) is 6.43. The molecule has 9 nitrogen and oxygen atoms in total. The van der Waals surface area contributed by atoms with Gasteiger partial charge in [0.2, 0.25) is 5.69 Å². The van der Waals surface area contributed by atoms with Crippen molar-refractivity contribution in [1.29, 1.82) is 5.26 Å². The predicted octanol–water partition coefficient (Wildman–Crippen LogP) is 4.22. The van der Waals surface area contributed by atoms with Crippen LogP contribution < -0.4 is 16.0 Å². The summed E-state index contributed by atoms with van der Waals surface area (Å²) in [6, 6.07) is 10.2. The van der Waals surface area contributed by atoms with E-state index in [1.807, 2.05) is 23.2 Å². The largest absolute Gasteiger partial charge is 0.454 e. The molecule has 0 fully saturated rings. The fourth-order valence-electron chi connectivity index (χ4n) is 4.36. The van der Waals surface area contributed by atoms with Crippen LogP contribution in [0.25, 0.3) is 16.6 Å². The van der Waals surface area contributed by atoms with Gasteiger partial charge in [-0.15, -0.1) is 5.10 Å². The minimum absolute atomic E-state index is 0.118. The molecule has 1 aliphatic heterocycles. The smallest absolute Gasteiger partial charge is 0.349 e. The molecular weight excluding hydrogens is 493 g/mol. The molecule has 4 aromatic rings. The minimum atomic E-state index is -0.876. The summed E-state index contributed by atoms with van der Waals surface area (Å²) in [5.74, 6) is 0.724. The maximum Gasteiger partial charge on any atom is 0.349 e. The van der Waals surface area contributed by atoms with Crippen LogP contribution in [-0.4, -0.2) is 33.0 Å².